The largest absolute Gasteiger partial charge is 0.496 e. The lowest BCUT2D eigenvalue weighted by atomic mass is 10.0. The van der Waals surface area contributed by atoms with Crippen LogP contribution in [0.25, 0.3) is 22.6 Å². The van der Waals surface area contributed by atoms with Gasteiger partial charge in [-0.15, -0.1) is 0 Å². The first-order valence-corrected chi connectivity index (χ1v) is 6.49. The lowest BCUT2D eigenvalue weighted by Crippen LogP contribution is -1.96. The molecule has 2 aromatic heterocycles. The van der Waals surface area contributed by atoms with Crippen LogP contribution in [0.3, 0.4) is 0 Å². The summed E-state index contributed by atoms with van der Waals surface area (Å²) < 4.78 is 12.5. The summed E-state index contributed by atoms with van der Waals surface area (Å²) in [6, 6.07) is 5.87. The van der Waals surface area contributed by atoms with Gasteiger partial charge in [-0.3, -0.25) is 0 Å². The van der Waals surface area contributed by atoms with E-state index in [0.29, 0.717) is 22.8 Å². The van der Waals surface area contributed by atoms with Gasteiger partial charge in [-0.1, -0.05) is 16.8 Å². The molecule has 6 nitrogen and oxygen atoms in total. The Kier molecular flexibility index (Phi) is 3.13. The molecule has 6 heteroatoms. The zero-order chi connectivity index (χ0) is 15.0. The van der Waals surface area contributed by atoms with E-state index in [1.807, 2.05) is 42.9 Å². The summed E-state index contributed by atoms with van der Waals surface area (Å²) in [4.78, 5) is 4.31. The molecule has 0 aliphatic carbocycles. The first-order chi connectivity index (χ1) is 10.1. The van der Waals surface area contributed by atoms with Crippen molar-refractivity contribution in [3.63, 3.8) is 0 Å². The first-order valence-electron chi connectivity index (χ1n) is 6.49. The number of hydrogen-bond donors (Lipinski definition) is 1. The van der Waals surface area contributed by atoms with Crippen molar-refractivity contribution in [3.8, 4) is 28.4 Å². The van der Waals surface area contributed by atoms with Crippen LogP contribution in [0, 0.1) is 6.92 Å². The van der Waals surface area contributed by atoms with E-state index in [4.69, 9.17) is 15.0 Å². The third kappa shape index (κ3) is 2.14. The van der Waals surface area contributed by atoms with Crippen molar-refractivity contribution in [2.24, 2.45) is 7.05 Å². The normalized spacial score (nSPS) is 10.8. The van der Waals surface area contributed by atoms with Crippen LogP contribution in [-0.4, -0.2) is 21.8 Å². The highest BCUT2D eigenvalue weighted by atomic mass is 16.5. The highest BCUT2D eigenvalue weighted by molar-refractivity contribution is 5.88. The van der Waals surface area contributed by atoms with E-state index >= 15 is 0 Å². The van der Waals surface area contributed by atoms with Crippen LogP contribution in [0.5, 0.6) is 5.75 Å². The van der Waals surface area contributed by atoms with Gasteiger partial charge in [0, 0.05) is 25.0 Å². The topological polar surface area (TPSA) is 79.1 Å². The van der Waals surface area contributed by atoms with E-state index in [1.54, 1.807) is 13.3 Å². The maximum absolute atomic E-state index is 5.98. The molecule has 0 bridgehead atoms. The van der Waals surface area contributed by atoms with Crippen LogP contribution >= 0.6 is 0 Å². The second-order valence-electron chi connectivity index (χ2n) is 4.84. The van der Waals surface area contributed by atoms with Crippen molar-refractivity contribution in [2.45, 2.75) is 6.92 Å². The van der Waals surface area contributed by atoms with E-state index in [2.05, 4.69) is 10.1 Å². The van der Waals surface area contributed by atoms with E-state index in [9.17, 15) is 0 Å². The van der Waals surface area contributed by atoms with Crippen LogP contribution in [-0.2, 0) is 7.05 Å². The minimum absolute atomic E-state index is 0.247. The Morgan fingerprint density at radius 1 is 1.33 bits per heavy atom. The number of aryl methyl sites for hydroxylation is 2. The molecule has 108 valence electrons. The van der Waals surface area contributed by atoms with E-state index in [-0.39, 0.29) is 5.88 Å². The number of nitrogens with zero attached hydrogens (tertiary/aromatic N) is 3. The number of nitrogen functional groups attached to an aromatic ring is 1. The Morgan fingerprint density at radius 3 is 2.81 bits per heavy atom. The van der Waals surface area contributed by atoms with Crippen LogP contribution in [0.2, 0.25) is 0 Å². The van der Waals surface area contributed by atoms with Gasteiger partial charge < -0.3 is 19.6 Å². The lowest BCUT2D eigenvalue weighted by molar-refractivity contribution is 0.416. The van der Waals surface area contributed by atoms with Crippen molar-refractivity contribution in [1.82, 2.24) is 14.7 Å². The predicted molar refractivity (Wildman–Crippen MR) is 79.8 cm³/mol. The van der Waals surface area contributed by atoms with E-state index in [1.165, 1.54) is 0 Å². The summed E-state index contributed by atoms with van der Waals surface area (Å²) in [5, 5.41) is 4.06. The number of methoxy groups -OCH3 is 1. The Balaban J connectivity index is 2.27. The van der Waals surface area contributed by atoms with Crippen molar-refractivity contribution < 1.29 is 9.26 Å². The molecule has 0 fully saturated rings. The van der Waals surface area contributed by atoms with Crippen LogP contribution in [0.4, 0.5) is 5.88 Å². The maximum Gasteiger partial charge on any atom is 0.230 e. The molecular weight excluding hydrogens is 268 g/mol. The summed E-state index contributed by atoms with van der Waals surface area (Å²) in [6.45, 7) is 2.01. The molecule has 0 amide bonds. The van der Waals surface area contributed by atoms with Gasteiger partial charge in [0.25, 0.3) is 0 Å². The van der Waals surface area contributed by atoms with E-state index < -0.39 is 0 Å². The molecule has 2 N–H and O–H groups in total. The lowest BCUT2D eigenvalue weighted by Gasteiger charge is -2.09. The number of hydrogen-bond acceptors (Lipinski definition) is 5. The summed E-state index contributed by atoms with van der Waals surface area (Å²) in [5.41, 5.74) is 9.22. The number of anilines is 1. The molecule has 0 spiro atoms. The summed E-state index contributed by atoms with van der Waals surface area (Å²) >= 11 is 0. The molecule has 1 aromatic carbocycles. The number of benzene rings is 1. The minimum Gasteiger partial charge on any atom is -0.496 e. The minimum atomic E-state index is 0.247. The average Bonchev–Trinajstić information content (AvgIpc) is 3.04. The Labute approximate surface area is 122 Å². The maximum atomic E-state index is 5.98. The third-order valence-corrected chi connectivity index (χ3v) is 3.38. The quantitative estimate of drug-likeness (QED) is 0.799. The smallest absolute Gasteiger partial charge is 0.230 e. The molecule has 0 saturated heterocycles. The van der Waals surface area contributed by atoms with Crippen molar-refractivity contribution in [1.29, 1.82) is 0 Å². The molecule has 0 aliphatic heterocycles. The second kappa shape index (κ2) is 4.97. The van der Waals surface area contributed by atoms with Crippen molar-refractivity contribution >= 4 is 5.88 Å². The van der Waals surface area contributed by atoms with E-state index in [0.717, 1.165) is 11.1 Å². The van der Waals surface area contributed by atoms with Crippen LogP contribution in [0.15, 0.2) is 35.1 Å². The zero-order valence-corrected chi connectivity index (χ0v) is 12.1. The highest BCUT2D eigenvalue weighted by Crippen LogP contribution is 2.40. The summed E-state index contributed by atoms with van der Waals surface area (Å²) in [6.07, 6.45) is 3.55. The fourth-order valence-electron chi connectivity index (χ4n) is 2.33. The molecule has 21 heavy (non-hydrogen) atoms. The van der Waals surface area contributed by atoms with Gasteiger partial charge in [-0.25, -0.2) is 4.98 Å². The SMILES string of the molecule is COc1ccc(C)cc1-c1c(-c2nccn2C)noc1N. The molecule has 3 aromatic rings. The fraction of sp³-hybridized carbons (Fsp3) is 0.200. The van der Waals surface area contributed by atoms with Crippen molar-refractivity contribution in [3.05, 3.63) is 36.2 Å². The molecule has 0 radical (unpaired) electrons. The molecule has 2 heterocycles. The van der Waals surface area contributed by atoms with Gasteiger partial charge in [0.15, 0.2) is 11.5 Å². The Bertz CT molecular complexity index is 789. The molecule has 0 saturated carbocycles. The molecule has 0 aliphatic rings. The predicted octanol–water partition coefficient (Wildman–Crippen LogP) is 2.64. The van der Waals surface area contributed by atoms with Gasteiger partial charge in [-0.05, 0) is 19.1 Å². The van der Waals surface area contributed by atoms with Gasteiger partial charge in [0.2, 0.25) is 5.88 Å². The summed E-state index contributed by atoms with van der Waals surface area (Å²) in [7, 11) is 3.52. The number of nitrogens with two attached hydrogens (primary N) is 1. The van der Waals surface area contributed by atoms with Gasteiger partial charge in [0.05, 0.1) is 12.7 Å². The van der Waals surface area contributed by atoms with Crippen LogP contribution in [0.1, 0.15) is 5.56 Å². The Morgan fingerprint density at radius 2 is 2.14 bits per heavy atom. The Hall–Kier alpha value is -2.76. The highest BCUT2D eigenvalue weighted by Gasteiger charge is 2.23. The fourth-order valence-corrected chi connectivity index (χ4v) is 2.33. The van der Waals surface area contributed by atoms with Crippen LogP contribution < -0.4 is 10.5 Å². The molecule has 0 unspecified atom stereocenters. The van der Waals surface area contributed by atoms with Gasteiger partial charge >= 0.3 is 0 Å². The van der Waals surface area contributed by atoms with Gasteiger partial charge in [0.1, 0.15) is 5.75 Å². The standard InChI is InChI=1S/C15H16N4O2/c1-9-4-5-11(20-3)10(8-9)12-13(18-21-14(12)16)15-17-6-7-19(15)2/h4-8H,16H2,1-3H3. The number of rotatable bonds is 3. The third-order valence-electron chi connectivity index (χ3n) is 3.38. The molecule has 0 atom stereocenters. The zero-order valence-electron chi connectivity index (χ0n) is 12.1. The summed E-state index contributed by atoms with van der Waals surface area (Å²) in [5.74, 6) is 1.65. The number of imidazole rings is 1. The van der Waals surface area contributed by atoms with Gasteiger partial charge in [-0.2, -0.15) is 0 Å². The number of aromatic nitrogens is 3. The second-order valence-corrected chi connectivity index (χ2v) is 4.84. The average molecular weight is 284 g/mol. The molecule has 3 rings (SSSR count). The first kappa shape index (κ1) is 13.2. The van der Waals surface area contributed by atoms with Crippen molar-refractivity contribution in [2.75, 3.05) is 12.8 Å². The molecular formula is C15H16N4O2. The number of ether oxygens (including phenoxy) is 1. The monoisotopic (exact) mass is 284 g/mol.